The van der Waals surface area contributed by atoms with Gasteiger partial charge >= 0.3 is 0 Å². The number of piperidine rings is 1. The third-order valence-electron chi connectivity index (χ3n) is 5.18. The Morgan fingerprint density at radius 2 is 1.72 bits per heavy atom. The number of rotatable bonds is 8. The van der Waals surface area contributed by atoms with Crippen LogP contribution in [0.1, 0.15) is 51.4 Å². The van der Waals surface area contributed by atoms with Gasteiger partial charge in [0.25, 0.3) is 0 Å². The molecule has 138 valence electrons. The van der Waals surface area contributed by atoms with E-state index < -0.39 is 0 Å². The van der Waals surface area contributed by atoms with E-state index in [0.29, 0.717) is 5.69 Å². The molecule has 2 heterocycles. The Hall–Kier alpha value is -1.82. The van der Waals surface area contributed by atoms with Crippen molar-refractivity contribution in [2.45, 2.75) is 51.4 Å². The molecule has 1 aromatic rings. The zero-order valence-corrected chi connectivity index (χ0v) is 15.3. The number of hydrogen-bond acceptors (Lipinski definition) is 6. The van der Waals surface area contributed by atoms with Crippen LogP contribution in [0, 0.1) is 0 Å². The van der Waals surface area contributed by atoms with Gasteiger partial charge in [-0.25, -0.2) is 9.97 Å². The fourth-order valence-corrected chi connectivity index (χ4v) is 3.67. The zero-order chi connectivity index (χ0) is 17.3. The molecule has 0 atom stereocenters. The van der Waals surface area contributed by atoms with Crippen molar-refractivity contribution in [3.05, 3.63) is 18.0 Å². The average molecular weight is 345 g/mol. The molecule has 0 amide bonds. The second kappa shape index (κ2) is 9.61. The number of nitrogens with one attached hydrogen (secondary N) is 2. The van der Waals surface area contributed by atoms with Gasteiger partial charge in [0.2, 0.25) is 0 Å². The summed E-state index contributed by atoms with van der Waals surface area (Å²) in [6, 6.07) is 0. The van der Waals surface area contributed by atoms with Crippen molar-refractivity contribution in [3.63, 3.8) is 0 Å². The van der Waals surface area contributed by atoms with E-state index >= 15 is 0 Å². The minimum absolute atomic E-state index is 0.624. The lowest BCUT2D eigenvalue weighted by molar-refractivity contribution is 0.237. The molecule has 1 aliphatic carbocycles. The molecule has 3 rings (SSSR count). The SMILES string of the molecule is Nc1c(NCCC2=CCCCC2)ncnc1NCCN1CCCCC1. The summed E-state index contributed by atoms with van der Waals surface area (Å²) in [6.07, 6.45) is 14.2. The van der Waals surface area contributed by atoms with Gasteiger partial charge in [-0.1, -0.05) is 18.1 Å². The fourth-order valence-electron chi connectivity index (χ4n) is 3.67. The highest BCUT2D eigenvalue weighted by atomic mass is 15.2. The molecule has 2 aliphatic rings. The first-order valence-corrected chi connectivity index (χ1v) is 9.81. The number of nitrogens with two attached hydrogens (primary N) is 1. The molecule has 6 nitrogen and oxygen atoms in total. The van der Waals surface area contributed by atoms with Crippen LogP contribution in [0.3, 0.4) is 0 Å². The number of allylic oxidation sites excluding steroid dienone is 1. The van der Waals surface area contributed by atoms with Gasteiger partial charge in [-0.05, 0) is 58.0 Å². The summed E-state index contributed by atoms with van der Waals surface area (Å²) < 4.78 is 0. The molecule has 1 aromatic heterocycles. The highest BCUT2D eigenvalue weighted by Gasteiger charge is 2.11. The smallest absolute Gasteiger partial charge is 0.154 e. The van der Waals surface area contributed by atoms with Crippen LogP contribution in [0.5, 0.6) is 0 Å². The summed E-state index contributed by atoms with van der Waals surface area (Å²) >= 11 is 0. The van der Waals surface area contributed by atoms with Crippen LogP contribution in [-0.4, -0.2) is 47.6 Å². The number of nitrogens with zero attached hydrogens (tertiary/aromatic N) is 3. The minimum Gasteiger partial charge on any atom is -0.393 e. The molecule has 0 aromatic carbocycles. The Morgan fingerprint density at radius 1 is 0.960 bits per heavy atom. The van der Waals surface area contributed by atoms with Crippen LogP contribution in [0.25, 0.3) is 0 Å². The average Bonchev–Trinajstić information content (AvgIpc) is 2.66. The Bertz CT molecular complexity index is 565. The van der Waals surface area contributed by atoms with Gasteiger partial charge in [0.1, 0.15) is 12.0 Å². The summed E-state index contributed by atoms with van der Waals surface area (Å²) in [5.74, 6) is 1.48. The van der Waals surface area contributed by atoms with Crippen LogP contribution in [0.2, 0.25) is 0 Å². The first-order valence-electron chi connectivity index (χ1n) is 9.81. The van der Waals surface area contributed by atoms with Crippen molar-refractivity contribution in [3.8, 4) is 0 Å². The number of anilines is 3. The molecule has 0 spiro atoms. The van der Waals surface area contributed by atoms with Gasteiger partial charge in [0.15, 0.2) is 11.6 Å². The molecule has 1 fully saturated rings. The number of likely N-dealkylation sites (tertiary alicyclic amines) is 1. The van der Waals surface area contributed by atoms with Crippen molar-refractivity contribution < 1.29 is 0 Å². The Balaban J connectivity index is 1.44. The molecule has 1 saturated heterocycles. The molecule has 6 heteroatoms. The molecular formula is C19H32N6. The van der Waals surface area contributed by atoms with Crippen molar-refractivity contribution in [2.24, 2.45) is 0 Å². The molecule has 0 radical (unpaired) electrons. The summed E-state index contributed by atoms with van der Waals surface area (Å²) in [7, 11) is 0. The summed E-state index contributed by atoms with van der Waals surface area (Å²) in [4.78, 5) is 11.1. The molecule has 0 bridgehead atoms. The monoisotopic (exact) mass is 344 g/mol. The normalized spacial score (nSPS) is 18.6. The van der Waals surface area contributed by atoms with E-state index in [2.05, 4.69) is 31.6 Å². The van der Waals surface area contributed by atoms with Gasteiger partial charge in [-0.3, -0.25) is 0 Å². The third-order valence-corrected chi connectivity index (χ3v) is 5.18. The van der Waals surface area contributed by atoms with E-state index in [1.54, 1.807) is 11.9 Å². The van der Waals surface area contributed by atoms with E-state index in [1.807, 2.05) is 0 Å². The number of nitrogen functional groups attached to an aromatic ring is 1. The van der Waals surface area contributed by atoms with Crippen LogP contribution < -0.4 is 16.4 Å². The number of hydrogen-bond donors (Lipinski definition) is 3. The maximum absolute atomic E-state index is 6.24. The largest absolute Gasteiger partial charge is 0.393 e. The van der Waals surface area contributed by atoms with Crippen molar-refractivity contribution >= 4 is 17.3 Å². The molecule has 0 saturated carbocycles. The van der Waals surface area contributed by atoms with E-state index in [4.69, 9.17) is 5.73 Å². The van der Waals surface area contributed by atoms with Gasteiger partial charge in [-0.2, -0.15) is 0 Å². The first kappa shape index (κ1) is 18.0. The lowest BCUT2D eigenvalue weighted by Crippen LogP contribution is -2.33. The van der Waals surface area contributed by atoms with Gasteiger partial charge < -0.3 is 21.3 Å². The second-order valence-corrected chi connectivity index (χ2v) is 7.10. The van der Waals surface area contributed by atoms with Crippen molar-refractivity contribution in [1.82, 2.24) is 14.9 Å². The predicted molar refractivity (Wildman–Crippen MR) is 105 cm³/mol. The Labute approximate surface area is 151 Å². The van der Waals surface area contributed by atoms with E-state index in [0.717, 1.165) is 37.7 Å². The Kier molecular flexibility index (Phi) is 6.91. The molecule has 4 N–H and O–H groups in total. The standard InChI is InChI=1S/C19H32N6/c20-17-18(21-10-9-16-7-3-1-4-8-16)23-15-24-19(17)22-11-14-25-12-5-2-6-13-25/h7,15H,1-6,8-14,20H2,(H2,21,22,23,24). The van der Waals surface area contributed by atoms with Gasteiger partial charge in [0, 0.05) is 19.6 Å². The van der Waals surface area contributed by atoms with E-state index in [1.165, 1.54) is 58.0 Å². The number of aromatic nitrogens is 2. The highest BCUT2D eigenvalue weighted by molar-refractivity contribution is 5.73. The second-order valence-electron chi connectivity index (χ2n) is 7.10. The molecule has 1 aliphatic heterocycles. The first-order chi connectivity index (χ1) is 12.3. The van der Waals surface area contributed by atoms with Crippen LogP contribution >= 0.6 is 0 Å². The fraction of sp³-hybridized carbons (Fsp3) is 0.684. The van der Waals surface area contributed by atoms with Crippen LogP contribution in [0.4, 0.5) is 17.3 Å². The van der Waals surface area contributed by atoms with E-state index in [-0.39, 0.29) is 0 Å². The quantitative estimate of drug-likeness (QED) is 0.628. The van der Waals surface area contributed by atoms with Crippen LogP contribution in [0.15, 0.2) is 18.0 Å². The van der Waals surface area contributed by atoms with E-state index in [9.17, 15) is 0 Å². The maximum Gasteiger partial charge on any atom is 0.154 e. The highest BCUT2D eigenvalue weighted by Crippen LogP contribution is 2.24. The predicted octanol–water partition coefficient (Wildman–Crippen LogP) is 3.26. The topological polar surface area (TPSA) is 79.1 Å². The minimum atomic E-state index is 0.624. The molecule has 0 unspecified atom stereocenters. The van der Waals surface area contributed by atoms with Crippen molar-refractivity contribution in [1.29, 1.82) is 0 Å². The summed E-state index contributed by atoms with van der Waals surface area (Å²) in [5, 5.41) is 6.74. The van der Waals surface area contributed by atoms with Crippen molar-refractivity contribution in [2.75, 3.05) is 49.1 Å². The summed E-state index contributed by atoms with van der Waals surface area (Å²) in [6.45, 7) is 5.21. The Morgan fingerprint density at radius 3 is 2.44 bits per heavy atom. The molecule has 25 heavy (non-hydrogen) atoms. The van der Waals surface area contributed by atoms with Crippen LogP contribution in [-0.2, 0) is 0 Å². The zero-order valence-electron chi connectivity index (χ0n) is 15.3. The molecular weight excluding hydrogens is 312 g/mol. The van der Waals surface area contributed by atoms with Gasteiger partial charge in [0.05, 0.1) is 0 Å². The lowest BCUT2D eigenvalue weighted by atomic mass is 9.97. The third kappa shape index (κ3) is 5.59. The van der Waals surface area contributed by atoms with Gasteiger partial charge in [-0.15, -0.1) is 0 Å². The lowest BCUT2D eigenvalue weighted by Gasteiger charge is -2.26. The maximum atomic E-state index is 6.24. The summed E-state index contributed by atoms with van der Waals surface area (Å²) in [5.41, 5.74) is 8.43.